The third-order valence-corrected chi connectivity index (χ3v) is 1.65. The lowest BCUT2D eigenvalue weighted by atomic mass is 10.1. The first-order valence-electron chi connectivity index (χ1n) is 3.72. The largest absolute Gasteiger partial charge is 0.481 e. The lowest BCUT2D eigenvalue weighted by molar-refractivity contribution is -0.137. The van der Waals surface area contributed by atoms with Crippen molar-refractivity contribution in [3.63, 3.8) is 0 Å². The van der Waals surface area contributed by atoms with Gasteiger partial charge in [0, 0.05) is 11.4 Å². The van der Waals surface area contributed by atoms with E-state index in [0.717, 1.165) is 11.4 Å². The summed E-state index contributed by atoms with van der Waals surface area (Å²) in [7, 11) is 0. The van der Waals surface area contributed by atoms with E-state index < -0.39 is 12.0 Å². The number of rotatable bonds is 3. The molecule has 1 aromatic rings. The van der Waals surface area contributed by atoms with Gasteiger partial charge in [0.1, 0.15) is 0 Å². The number of nitrogens with two attached hydrogens (primary N) is 1. The molecule has 1 aromatic heterocycles. The highest BCUT2D eigenvalue weighted by Gasteiger charge is 2.11. The minimum atomic E-state index is -0.880. The number of carboxylic acids is 1. The quantitative estimate of drug-likeness (QED) is 0.624. The molecule has 4 nitrogen and oxygen atoms in total. The Morgan fingerprint density at radius 3 is 2.83 bits per heavy atom. The van der Waals surface area contributed by atoms with E-state index in [0.29, 0.717) is 0 Å². The summed E-state index contributed by atoms with van der Waals surface area (Å²) in [5, 5.41) is 8.46. The molecule has 0 bridgehead atoms. The number of hydrogen-bond acceptors (Lipinski definition) is 2. The van der Waals surface area contributed by atoms with Gasteiger partial charge in [0.05, 0.1) is 12.5 Å². The molecule has 1 rings (SSSR count). The van der Waals surface area contributed by atoms with Gasteiger partial charge in [-0.15, -0.1) is 0 Å². The Kier molecular flexibility index (Phi) is 2.50. The van der Waals surface area contributed by atoms with Gasteiger partial charge in [-0.3, -0.25) is 4.79 Å². The van der Waals surface area contributed by atoms with E-state index in [4.69, 9.17) is 10.8 Å². The van der Waals surface area contributed by atoms with Crippen LogP contribution in [0.1, 0.15) is 23.9 Å². The lowest BCUT2D eigenvalue weighted by Crippen LogP contribution is -2.15. The second kappa shape index (κ2) is 3.40. The molecule has 0 aromatic carbocycles. The molecular formula is C8H12N2O2. The Bertz CT molecular complexity index is 280. The van der Waals surface area contributed by atoms with E-state index in [-0.39, 0.29) is 6.42 Å². The molecule has 0 aliphatic rings. The Balaban J connectivity index is 2.64. The number of hydrogen-bond donors (Lipinski definition) is 3. The second-order valence-corrected chi connectivity index (χ2v) is 2.80. The van der Waals surface area contributed by atoms with Gasteiger partial charge in [0.2, 0.25) is 0 Å². The van der Waals surface area contributed by atoms with E-state index in [1.54, 1.807) is 0 Å². The van der Waals surface area contributed by atoms with E-state index in [9.17, 15) is 4.79 Å². The van der Waals surface area contributed by atoms with Crippen LogP contribution in [0.25, 0.3) is 0 Å². The SMILES string of the molecule is Cc1ccc([C@H](N)CC(=O)O)[nH]1. The highest BCUT2D eigenvalue weighted by molar-refractivity contribution is 5.67. The zero-order chi connectivity index (χ0) is 9.14. The Labute approximate surface area is 70.4 Å². The van der Waals surface area contributed by atoms with Crippen LogP contribution in [0.4, 0.5) is 0 Å². The maximum atomic E-state index is 10.3. The van der Waals surface area contributed by atoms with Crippen LogP contribution in [0.5, 0.6) is 0 Å². The Morgan fingerprint density at radius 2 is 2.42 bits per heavy atom. The van der Waals surface area contributed by atoms with Gasteiger partial charge >= 0.3 is 5.97 Å². The molecule has 1 atom stereocenters. The topological polar surface area (TPSA) is 79.1 Å². The summed E-state index contributed by atoms with van der Waals surface area (Å²) >= 11 is 0. The summed E-state index contributed by atoms with van der Waals surface area (Å²) in [6, 6.07) is 3.25. The molecule has 0 saturated heterocycles. The highest BCUT2D eigenvalue weighted by atomic mass is 16.4. The first kappa shape index (κ1) is 8.80. The average molecular weight is 168 g/mol. The number of carbonyl (C=O) groups is 1. The number of aliphatic carboxylic acids is 1. The van der Waals surface area contributed by atoms with Crippen LogP contribution in [0.3, 0.4) is 0 Å². The fraction of sp³-hybridized carbons (Fsp3) is 0.375. The average Bonchev–Trinajstić information content (AvgIpc) is 2.34. The maximum absolute atomic E-state index is 10.3. The van der Waals surface area contributed by atoms with Gasteiger partial charge in [-0.2, -0.15) is 0 Å². The van der Waals surface area contributed by atoms with E-state index in [2.05, 4.69) is 4.98 Å². The number of H-pyrrole nitrogens is 1. The van der Waals surface area contributed by atoms with Crippen molar-refractivity contribution < 1.29 is 9.90 Å². The summed E-state index contributed by atoms with van der Waals surface area (Å²) in [4.78, 5) is 13.3. The van der Waals surface area contributed by atoms with Crippen molar-refractivity contribution in [2.75, 3.05) is 0 Å². The van der Waals surface area contributed by atoms with E-state index in [1.807, 2.05) is 19.1 Å². The molecule has 4 heteroatoms. The molecule has 0 radical (unpaired) electrons. The van der Waals surface area contributed by atoms with Crippen molar-refractivity contribution in [3.05, 3.63) is 23.5 Å². The van der Waals surface area contributed by atoms with Crippen molar-refractivity contribution in [1.82, 2.24) is 4.98 Å². The van der Waals surface area contributed by atoms with Crippen LogP contribution in [-0.4, -0.2) is 16.1 Å². The molecule has 66 valence electrons. The summed E-state index contributed by atoms with van der Waals surface area (Å²) in [6.07, 6.45) is -0.0417. The minimum absolute atomic E-state index is 0.0417. The normalized spacial score (nSPS) is 12.8. The standard InChI is InChI=1S/C8H12N2O2/c1-5-2-3-7(10-5)6(9)4-8(11)12/h2-3,6,10H,4,9H2,1H3,(H,11,12)/t6-/m1/s1. The molecule has 0 saturated carbocycles. The summed E-state index contributed by atoms with van der Waals surface area (Å²) in [5.41, 5.74) is 7.36. The number of nitrogens with one attached hydrogen (secondary N) is 1. The zero-order valence-corrected chi connectivity index (χ0v) is 6.87. The molecule has 0 fully saturated rings. The molecule has 1 heterocycles. The minimum Gasteiger partial charge on any atom is -0.481 e. The van der Waals surface area contributed by atoms with Crippen molar-refractivity contribution in [2.24, 2.45) is 5.73 Å². The third kappa shape index (κ3) is 2.10. The van der Waals surface area contributed by atoms with Crippen LogP contribution in [-0.2, 0) is 4.79 Å². The van der Waals surface area contributed by atoms with Crippen LogP contribution < -0.4 is 5.73 Å². The van der Waals surface area contributed by atoms with E-state index in [1.165, 1.54) is 0 Å². The monoisotopic (exact) mass is 168 g/mol. The number of aromatic nitrogens is 1. The van der Waals surface area contributed by atoms with Crippen molar-refractivity contribution in [3.8, 4) is 0 Å². The predicted octanol–water partition coefficient (Wildman–Crippen LogP) is 0.798. The van der Waals surface area contributed by atoms with Crippen LogP contribution in [0, 0.1) is 6.92 Å². The Hall–Kier alpha value is -1.29. The first-order valence-corrected chi connectivity index (χ1v) is 3.72. The number of aryl methyl sites for hydroxylation is 1. The van der Waals surface area contributed by atoms with Crippen LogP contribution in [0.2, 0.25) is 0 Å². The molecule has 0 aliphatic carbocycles. The van der Waals surface area contributed by atoms with Crippen LogP contribution in [0.15, 0.2) is 12.1 Å². The molecule has 4 N–H and O–H groups in total. The van der Waals surface area contributed by atoms with Gasteiger partial charge in [-0.05, 0) is 19.1 Å². The summed E-state index contributed by atoms with van der Waals surface area (Å²) in [5.74, 6) is -0.880. The summed E-state index contributed by atoms with van der Waals surface area (Å²) in [6.45, 7) is 1.90. The molecule has 0 amide bonds. The van der Waals surface area contributed by atoms with E-state index >= 15 is 0 Å². The second-order valence-electron chi connectivity index (χ2n) is 2.80. The predicted molar refractivity (Wildman–Crippen MR) is 44.7 cm³/mol. The fourth-order valence-electron chi connectivity index (χ4n) is 1.04. The molecular weight excluding hydrogens is 156 g/mol. The van der Waals surface area contributed by atoms with Crippen molar-refractivity contribution in [2.45, 2.75) is 19.4 Å². The molecule has 0 spiro atoms. The Morgan fingerprint density at radius 1 is 1.75 bits per heavy atom. The van der Waals surface area contributed by atoms with Gasteiger partial charge < -0.3 is 15.8 Å². The van der Waals surface area contributed by atoms with Crippen molar-refractivity contribution >= 4 is 5.97 Å². The fourth-order valence-corrected chi connectivity index (χ4v) is 1.04. The third-order valence-electron chi connectivity index (χ3n) is 1.65. The molecule has 0 unspecified atom stereocenters. The zero-order valence-electron chi connectivity index (χ0n) is 6.87. The van der Waals surface area contributed by atoms with Crippen molar-refractivity contribution in [1.29, 1.82) is 0 Å². The number of carboxylic acid groups (broad SMARTS) is 1. The first-order chi connectivity index (χ1) is 5.59. The van der Waals surface area contributed by atoms with Gasteiger partial charge in [0.15, 0.2) is 0 Å². The van der Waals surface area contributed by atoms with Gasteiger partial charge in [-0.1, -0.05) is 0 Å². The summed E-state index contributed by atoms with van der Waals surface area (Å²) < 4.78 is 0. The van der Waals surface area contributed by atoms with Crippen LogP contribution >= 0.6 is 0 Å². The van der Waals surface area contributed by atoms with Gasteiger partial charge in [0.25, 0.3) is 0 Å². The lowest BCUT2D eigenvalue weighted by Gasteiger charge is -2.05. The maximum Gasteiger partial charge on any atom is 0.305 e. The number of aromatic amines is 1. The van der Waals surface area contributed by atoms with Gasteiger partial charge in [-0.25, -0.2) is 0 Å². The highest BCUT2D eigenvalue weighted by Crippen LogP contribution is 2.12. The smallest absolute Gasteiger partial charge is 0.305 e. The molecule has 0 aliphatic heterocycles. The molecule has 12 heavy (non-hydrogen) atoms.